The highest BCUT2D eigenvalue weighted by atomic mass is 16.6. The van der Waals surface area contributed by atoms with E-state index in [4.69, 9.17) is 4.74 Å². The number of carbonyl (C=O) groups is 1. The summed E-state index contributed by atoms with van der Waals surface area (Å²) in [6.07, 6.45) is 3.13. The van der Waals surface area contributed by atoms with Gasteiger partial charge in [0, 0.05) is 12.1 Å². The van der Waals surface area contributed by atoms with E-state index in [1.165, 1.54) is 5.56 Å². The monoisotopic (exact) mass is 350 g/mol. The fraction of sp³-hybridized carbons (Fsp3) is 0.409. The smallest absolute Gasteiger partial charge is 0.414 e. The molecule has 4 rings (SSSR count). The van der Waals surface area contributed by atoms with Gasteiger partial charge in [-0.15, -0.1) is 0 Å². The molecule has 0 saturated heterocycles. The third-order valence-electron chi connectivity index (χ3n) is 5.65. The van der Waals surface area contributed by atoms with Crippen LogP contribution in [0, 0.1) is 5.92 Å². The lowest BCUT2D eigenvalue weighted by molar-refractivity contribution is 0.140. The van der Waals surface area contributed by atoms with Crippen molar-refractivity contribution in [1.82, 2.24) is 5.32 Å². The van der Waals surface area contributed by atoms with Gasteiger partial charge in [0.05, 0.1) is 5.69 Å². The largest absolute Gasteiger partial charge is 0.444 e. The van der Waals surface area contributed by atoms with Crippen molar-refractivity contribution in [2.75, 3.05) is 11.4 Å². The Balaban J connectivity index is 1.61. The Morgan fingerprint density at radius 3 is 2.69 bits per heavy atom. The van der Waals surface area contributed by atoms with Gasteiger partial charge in [0.15, 0.2) is 0 Å². The molecule has 1 fully saturated rings. The maximum Gasteiger partial charge on any atom is 0.414 e. The molecule has 4 nitrogen and oxygen atoms in total. The zero-order valence-electron chi connectivity index (χ0n) is 15.2. The van der Waals surface area contributed by atoms with E-state index in [2.05, 4.69) is 30.4 Å². The predicted octanol–water partition coefficient (Wildman–Crippen LogP) is 4.66. The van der Waals surface area contributed by atoms with Crippen molar-refractivity contribution in [1.29, 1.82) is 0 Å². The van der Waals surface area contributed by atoms with Crippen molar-refractivity contribution in [3.05, 3.63) is 65.7 Å². The summed E-state index contributed by atoms with van der Waals surface area (Å²) in [5, 5.41) is 3.65. The third-order valence-corrected chi connectivity index (χ3v) is 5.65. The number of rotatable bonds is 4. The number of fused-ring (bicyclic) bond motifs is 2. The number of benzene rings is 2. The molecular weight excluding hydrogens is 324 g/mol. The molecule has 0 bridgehead atoms. The molecule has 1 heterocycles. The molecule has 4 heteroatoms. The van der Waals surface area contributed by atoms with Crippen LogP contribution in [0.15, 0.2) is 54.6 Å². The minimum atomic E-state index is -0.229. The van der Waals surface area contributed by atoms with Crippen LogP contribution in [0.3, 0.4) is 0 Å². The summed E-state index contributed by atoms with van der Waals surface area (Å²) in [7, 11) is 0. The Bertz CT molecular complexity index is 762. The second-order valence-corrected chi connectivity index (χ2v) is 7.17. The number of anilines is 1. The summed E-state index contributed by atoms with van der Waals surface area (Å²) in [5.74, 6) is 0.453. The fourth-order valence-electron chi connectivity index (χ4n) is 4.56. The molecule has 1 amide bonds. The summed E-state index contributed by atoms with van der Waals surface area (Å²) in [6, 6.07) is 18.7. The van der Waals surface area contributed by atoms with Crippen LogP contribution in [0.2, 0.25) is 0 Å². The van der Waals surface area contributed by atoms with E-state index >= 15 is 0 Å². The van der Waals surface area contributed by atoms with Crippen molar-refractivity contribution >= 4 is 11.8 Å². The summed E-state index contributed by atoms with van der Waals surface area (Å²) < 4.78 is 5.69. The van der Waals surface area contributed by atoms with Crippen LogP contribution in [-0.2, 0) is 11.3 Å². The number of nitrogens with one attached hydrogen (secondary N) is 1. The van der Waals surface area contributed by atoms with Gasteiger partial charge in [-0.05, 0) is 42.5 Å². The molecular formula is C22H26N2O2. The van der Waals surface area contributed by atoms with E-state index in [1.54, 1.807) is 0 Å². The van der Waals surface area contributed by atoms with Crippen LogP contribution in [-0.4, -0.2) is 18.7 Å². The van der Waals surface area contributed by atoms with Gasteiger partial charge in [-0.2, -0.15) is 0 Å². The second kappa shape index (κ2) is 7.50. The van der Waals surface area contributed by atoms with Gasteiger partial charge in [0.25, 0.3) is 0 Å². The SMILES string of the molecule is CCNC1c2ccccc2N(C(=O)OCc2ccccc2)C2CCCC12. The number of hydrogen-bond acceptors (Lipinski definition) is 3. The first-order chi connectivity index (χ1) is 12.8. The van der Waals surface area contributed by atoms with Crippen molar-refractivity contribution in [3.8, 4) is 0 Å². The minimum Gasteiger partial charge on any atom is -0.444 e. The number of ether oxygens (including phenoxy) is 1. The lowest BCUT2D eigenvalue weighted by atomic mass is 9.83. The molecule has 0 radical (unpaired) electrons. The molecule has 0 spiro atoms. The Labute approximate surface area is 155 Å². The highest BCUT2D eigenvalue weighted by Gasteiger charge is 2.46. The summed E-state index contributed by atoms with van der Waals surface area (Å²) in [4.78, 5) is 14.9. The number of carbonyl (C=O) groups excluding carboxylic acids is 1. The van der Waals surface area contributed by atoms with E-state index in [9.17, 15) is 4.79 Å². The van der Waals surface area contributed by atoms with Crippen molar-refractivity contribution in [2.24, 2.45) is 5.92 Å². The van der Waals surface area contributed by atoms with Gasteiger partial charge in [0.1, 0.15) is 6.61 Å². The Morgan fingerprint density at radius 1 is 1.12 bits per heavy atom. The molecule has 3 atom stereocenters. The Kier molecular flexibility index (Phi) is 4.93. The number of nitrogens with zero attached hydrogens (tertiary/aromatic N) is 1. The van der Waals surface area contributed by atoms with Gasteiger partial charge in [-0.3, -0.25) is 4.90 Å². The van der Waals surface area contributed by atoms with E-state index < -0.39 is 0 Å². The van der Waals surface area contributed by atoms with Gasteiger partial charge in [-0.1, -0.05) is 61.9 Å². The maximum atomic E-state index is 13.0. The summed E-state index contributed by atoms with van der Waals surface area (Å²) in [5.41, 5.74) is 3.23. The van der Waals surface area contributed by atoms with E-state index in [-0.39, 0.29) is 12.1 Å². The minimum absolute atomic E-state index is 0.220. The molecule has 1 aliphatic carbocycles. The van der Waals surface area contributed by atoms with Crippen LogP contribution >= 0.6 is 0 Å². The van der Waals surface area contributed by atoms with Gasteiger partial charge in [0.2, 0.25) is 0 Å². The second-order valence-electron chi connectivity index (χ2n) is 7.17. The summed E-state index contributed by atoms with van der Waals surface area (Å²) in [6.45, 7) is 3.39. The first kappa shape index (κ1) is 17.1. The molecule has 2 aliphatic rings. The number of hydrogen-bond donors (Lipinski definition) is 1. The molecule has 0 aromatic heterocycles. The Hall–Kier alpha value is -2.33. The highest BCUT2D eigenvalue weighted by molar-refractivity contribution is 5.90. The maximum absolute atomic E-state index is 13.0. The van der Waals surface area contributed by atoms with Crippen LogP contribution in [0.5, 0.6) is 0 Å². The van der Waals surface area contributed by atoms with Gasteiger partial charge >= 0.3 is 6.09 Å². The van der Waals surface area contributed by atoms with E-state index in [1.807, 2.05) is 41.3 Å². The van der Waals surface area contributed by atoms with Crippen LogP contribution < -0.4 is 10.2 Å². The molecule has 1 aliphatic heterocycles. The molecule has 26 heavy (non-hydrogen) atoms. The van der Waals surface area contributed by atoms with Crippen molar-refractivity contribution in [3.63, 3.8) is 0 Å². The Morgan fingerprint density at radius 2 is 1.88 bits per heavy atom. The average Bonchev–Trinajstić information content (AvgIpc) is 3.16. The molecule has 2 aromatic rings. The summed E-state index contributed by atoms with van der Waals surface area (Å²) >= 11 is 0. The van der Waals surface area contributed by atoms with E-state index in [0.717, 1.165) is 37.1 Å². The lowest BCUT2D eigenvalue weighted by Crippen LogP contribution is -2.50. The van der Waals surface area contributed by atoms with Gasteiger partial charge < -0.3 is 10.1 Å². The molecule has 1 saturated carbocycles. The quantitative estimate of drug-likeness (QED) is 0.872. The zero-order chi connectivity index (χ0) is 17.9. The van der Waals surface area contributed by atoms with Crippen LogP contribution in [0.1, 0.15) is 43.4 Å². The standard InChI is InChI=1S/C22H26N2O2/c1-2-23-21-17-11-6-7-13-19(17)24(20-14-8-12-18(20)21)22(25)26-15-16-9-4-3-5-10-16/h3-7,9-11,13,18,20-21,23H,2,8,12,14-15H2,1H3. The van der Waals surface area contributed by atoms with Crippen LogP contribution in [0.25, 0.3) is 0 Å². The zero-order valence-corrected chi connectivity index (χ0v) is 15.2. The number of para-hydroxylation sites is 1. The molecule has 2 aromatic carbocycles. The third kappa shape index (κ3) is 3.10. The predicted molar refractivity (Wildman–Crippen MR) is 103 cm³/mol. The molecule has 1 N–H and O–H groups in total. The van der Waals surface area contributed by atoms with Gasteiger partial charge in [-0.25, -0.2) is 4.79 Å². The first-order valence-corrected chi connectivity index (χ1v) is 9.62. The normalized spacial score (nSPS) is 24.0. The molecule has 3 unspecified atom stereocenters. The number of amides is 1. The van der Waals surface area contributed by atoms with Crippen molar-refractivity contribution < 1.29 is 9.53 Å². The lowest BCUT2D eigenvalue weighted by Gasteiger charge is -2.43. The average molecular weight is 350 g/mol. The topological polar surface area (TPSA) is 41.6 Å². The molecule has 136 valence electrons. The fourth-order valence-corrected chi connectivity index (χ4v) is 4.56. The van der Waals surface area contributed by atoms with Crippen LogP contribution in [0.4, 0.5) is 10.5 Å². The first-order valence-electron chi connectivity index (χ1n) is 9.62. The highest BCUT2D eigenvalue weighted by Crippen LogP contribution is 2.47. The van der Waals surface area contributed by atoms with Crippen molar-refractivity contribution in [2.45, 2.75) is 44.9 Å². The van der Waals surface area contributed by atoms with E-state index in [0.29, 0.717) is 18.6 Å².